The molecule has 1 fully saturated rings. The monoisotopic (exact) mass is 274 g/mol. The fraction of sp³-hybridized carbons (Fsp3) is 0.429. The topological polar surface area (TPSA) is 93.3 Å². The summed E-state index contributed by atoms with van der Waals surface area (Å²) < 4.78 is 5.42. The first-order valence-electron chi connectivity index (χ1n) is 6.66. The lowest BCUT2D eigenvalue weighted by Crippen LogP contribution is -2.43. The van der Waals surface area contributed by atoms with Crippen molar-refractivity contribution in [3.05, 3.63) is 24.5 Å². The minimum Gasteiger partial charge on any atom is -0.399 e. The molecule has 6 nitrogen and oxygen atoms in total. The third-order valence-electron chi connectivity index (χ3n) is 3.88. The number of nitrogens with zero attached hydrogens (tertiary/aromatic N) is 2. The van der Waals surface area contributed by atoms with Gasteiger partial charge in [-0.15, -0.1) is 0 Å². The summed E-state index contributed by atoms with van der Waals surface area (Å²) in [6.07, 6.45) is 1.93. The third kappa shape index (κ3) is 2.28. The van der Waals surface area contributed by atoms with Gasteiger partial charge in [-0.05, 0) is 25.1 Å². The van der Waals surface area contributed by atoms with Gasteiger partial charge in [-0.3, -0.25) is 0 Å². The van der Waals surface area contributed by atoms with Gasteiger partial charge in [0.2, 0.25) is 0 Å². The lowest BCUT2D eigenvalue weighted by atomic mass is 9.97. The van der Waals surface area contributed by atoms with Crippen molar-refractivity contribution in [3.8, 4) is 0 Å². The number of hydrogen-bond donors (Lipinski definition) is 3. The van der Waals surface area contributed by atoms with E-state index in [9.17, 15) is 5.11 Å². The number of rotatable bonds is 3. The maximum atomic E-state index is 10.5. The van der Waals surface area contributed by atoms with Crippen molar-refractivity contribution in [2.45, 2.75) is 25.0 Å². The number of nitrogen functional groups attached to an aromatic ring is 1. The van der Waals surface area contributed by atoms with E-state index in [-0.39, 0.29) is 6.10 Å². The zero-order chi connectivity index (χ0) is 14.2. The van der Waals surface area contributed by atoms with Gasteiger partial charge in [-0.1, -0.05) is 0 Å². The fourth-order valence-electron chi connectivity index (χ4n) is 2.45. The highest BCUT2D eigenvalue weighted by molar-refractivity contribution is 5.91. The first-order chi connectivity index (χ1) is 9.58. The number of benzene rings is 1. The van der Waals surface area contributed by atoms with Gasteiger partial charge in [0.15, 0.2) is 0 Å². The molecule has 20 heavy (non-hydrogen) atoms. The van der Waals surface area contributed by atoms with E-state index in [1.165, 1.54) is 6.33 Å². The van der Waals surface area contributed by atoms with Crippen LogP contribution in [0.2, 0.25) is 0 Å². The number of aliphatic hydroxyl groups is 1. The summed E-state index contributed by atoms with van der Waals surface area (Å²) in [6.45, 7) is 2.84. The van der Waals surface area contributed by atoms with Crippen molar-refractivity contribution in [1.82, 2.24) is 9.97 Å². The Morgan fingerprint density at radius 3 is 3.10 bits per heavy atom. The Kier molecular flexibility index (Phi) is 3.19. The van der Waals surface area contributed by atoms with E-state index in [4.69, 9.17) is 10.5 Å². The Balaban J connectivity index is 1.86. The predicted molar refractivity (Wildman–Crippen MR) is 77.4 cm³/mol. The molecule has 0 saturated carbocycles. The second-order valence-electron chi connectivity index (χ2n) is 5.22. The molecule has 1 saturated heterocycles. The highest BCUT2D eigenvalue weighted by Crippen LogP contribution is 2.27. The van der Waals surface area contributed by atoms with Crippen molar-refractivity contribution in [1.29, 1.82) is 0 Å². The Morgan fingerprint density at radius 2 is 2.35 bits per heavy atom. The molecule has 0 radical (unpaired) electrons. The zero-order valence-electron chi connectivity index (χ0n) is 11.3. The number of fused-ring (bicyclic) bond motifs is 1. The first kappa shape index (κ1) is 13.1. The summed E-state index contributed by atoms with van der Waals surface area (Å²) >= 11 is 0. The van der Waals surface area contributed by atoms with Gasteiger partial charge in [0.1, 0.15) is 17.7 Å². The average molecular weight is 274 g/mol. The van der Waals surface area contributed by atoms with Gasteiger partial charge >= 0.3 is 0 Å². The van der Waals surface area contributed by atoms with Crippen molar-refractivity contribution >= 4 is 22.4 Å². The molecule has 2 atom stereocenters. The van der Waals surface area contributed by atoms with E-state index < -0.39 is 5.60 Å². The largest absolute Gasteiger partial charge is 0.399 e. The lowest BCUT2D eigenvalue weighted by molar-refractivity contribution is -0.0176. The van der Waals surface area contributed by atoms with Crippen LogP contribution in [0, 0.1) is 0 Å². The average Bonchev–Trinajstić information content (AvgIpc) is 2.77. The normalized spacial score (nSPS) is 26.0. The second-order valence-corrected chi connectivity index (χ2v) is 5.22. The molecular weight excluding hydrogens is 256 g/mol. The number of aromatic nitrogens is 2. The van der Waals surface area contributed by atoms with Crippen LogP contribution in [0.4, 0.5) is 11.5 Å². The van der Waals surface area contributed by atoms with E-state index in [0.29, 0.717) is 31.1 Å². The van der Waals surface area contributed by atoms with E-state index in [2.05, 4.69) is 15.3 Å². The Hall–Kier alpha value is -1.92. The molecule has 0 spiro atoms. The number of ether oxygens (including phenoxy) is 1. The summed E-state index contributed by atoms with van der Waals surface area (Å²) in [4.78, 5) is 8.44. The zero-order valence-corrected chi connectivity index (χ0v) is 11.3. The molecule has 1 aromatic carbocycles. The summed E-state index contributed by atoms with van der Waals surface area (Å²) in [5.74, 6) is 0.676. The van der Waals surface area contributed by atoms with Crippen LogP contribution >= 0.6 is 0 Å². The van der Waals surface area contributed by atoms with Crippen LogP contribution in [0.1, 0.15) is 13.3 Å². The van der Waals surface area contributed by atoms with Crippen molar-refractivity contribution < 1.29 is 9.84 Å². The SMILES string of the molecule is CC1OCCC1(O)CNc1ncnc2ccc(N)cc12. The van der Waals surface area contributed by atoms with Gasteiger partial charge in [0, 0.05) is 30.6 Å². The molecule has 106 valence electrons. The lowest BCUT2D eigenvalue weighted by Gasteiger charge is -2.26. The van der Waals surface area contributed by atoms with Crippen LogP contribution in [0.15, 0.2) is 24.5 Å². The number of hydrogen-bond acceptors (Lipinski definition) is 6. The molecule has 0 bridgehead atoms. The van der Waals surface area contributed by atoms with Crippen LogP contribution in [-0.4, -0.2) is 39.9 Å². The highest BCUT2D eigenvalue weighted by Gasteiger charge is 2.39. The summed E-state index contributed by atoms with van der Waals surface area (Å²) in [5.41, 5.74) is 6.42. The maximum Gasteiger partial charge on any atom is 0.137 e. The molecule has 1 aliphatic heterocycles. The van der Waals surface area contributed by atoms with Gasteiger partial charge in [0.05, 0.1) is 11.6 Å². The third-order valence-corrected chi connectivity index (χ3v) is 3.88. The van der Waals surface area contributed by atoms with Crippen LogP contribution in [0.5, 0.6) is 0 Å². The van der Waals surface area contributed by atoms with Crippen LogP contribution in [0.25, 0.3) is 10.9 Å². The molecule has 2 aromatic rings. The molecule has 4 N–H and O–H groups in total. The van der Waals surface area contributed by atoms with E-state index in [1.807, 2.05) is 19.1 Å². The number of nitrogens with one attached hydrogen (secondary N) is 1. The molecule has 1 aliphatic rings. The molecule has 6 heteroatoms. The van der Waals surface area contributed by atoms with E-state index >= 15 is 0 Å². The molecule has 1 aromatic heterocycles. The van der Waals surface area contributed by atoms with Crippen LogP contribution in [0.3, 0.4) is 0 Å². The number of anilines is 2. The van der Waals surface area contributed by atoms with Crippen molar-refractivity contribution in [2.75, 3.05) is 24.2 Å². The van der Waals surface area contributed by atoms with E-state index in [1.54, 1.807) is 6.07 Å². The Morgan fingerprint density at radius 1 is 1.50 bits per heavy atom. The van der Waals surface area contributed by atoms with Gasteiger partial charge in [-0.25, -0.2) is 9.97 Å². The summed E-state index contributed by atoms with van der Waals surface area (Å²) in [5, 5.41) is 14.5. The molecular formula is C14H18N4O2. The maximum absolute atomic E-state index is 10.5. The Labute approximate surface area is 117 Å². The van der Waals surface area contributed by atoms with Crippen molar-refractivity contribution in [3.63, 3.8) is 0 Å². The minimum atomic E-state index is -0.863. The van der Waals surface area contributed by atoms with Gasteiger partial charge in [-0.2, -0.15) is 0 Å². The highest BCUT2D eigenvalue weighted by atomic mass is 16.5. The van der Waals surface area contributed by atoms with Gasteiger partial charge in [0.25, 0.3) is 0 Å². The van der Waals surface area contributed by atoms with Crippen LogP contribution in [-0.2, 0) is 4.74 Å². The molecule has 0 aliphatic carbocycles. The first-order valence-corrected chi connectivity index (χ1v) is 6.66. The van der Waals surface area contributed by atoms with E-state index in [0.717, 1.165) is 10.9 Å². The summed E-state index contributed by atoms with van der Waals surface area (Å²) in [6, 6.07) is 5.49. The molecule has 0 amide bonds. The summed E-state index contributed by atoms with van der Waals surface area (Å²) in [7, 11) is 0. The smallest absolute Gasteiger partial charge is 0.137 e. The molecule has 2 heterocycles. The minimum absolute atomic E-state index is 0.187. The fourth-order valence-corrected chi connectivity index (χ4v) is 2.45. The standard InChI is InChI=1S/C14H18N4O2/c1-9-14(19,4-5-20-9)7-16-13-11-6-10(15)2-3-12(11)17-8-18-13/h2-3,6,8-9,19H,4-5,7,15H2,1H3,(H,16,17,18). The Bertz CT molecular complexity index is 634. The van der Waals surface area contributed by atoms with Crippen LogP contribution < -0.4 is 11.1 Å². The predicted octanol–water partition coefficient (Wildman–Crippen LogP) is 1.16. The van der Waals surface area contributed by atoms with Crippen molar-refractivity contribution in [2.24, 2.45) is 0 Å². The second kappa shape index (κ2) is 4.88. The number of nitrogens with two attached hydrogens (primary N) is 1. The molecule has 3 rings (SSSR count). The quantitative estimate of drug-likeness (QED) is 0.727. The molecule has 2 unspecified atom stereocenters. The van der Waals surface area contributed by atoms with Gasteiger partial charge < -0.3 is 20.9 Å².